The number of hydrazine groups is 1. The minimum Gasteiger partial charge on any atom is -0.278 e. The zero-order valence-electron chi connectivity index (χ0n) is 17.0. The lowest BCUT2D eigenvalue weighted by Crippen LogP contribution is -2.41. The molecule has 3 N–H and O–H groups in total. The van der Waals surface area contributed by atoms with Gasteiger partial charge in [-0.1, -0.05) is 41.9 Å². The smallest absolute Gasteiger partial charge is 0.278 e. The molecular formula is C21H17ClN4O6S. The summed E-state index contributed by atoms with van der Waals surface area (Å²) in [4.78, 5) is 35.2. The van der Waals surface area contributed by atoms with E-state index in [-0.39, 0.29) is 38.0 Å². The van der Waals surface area contributed by atoms with E-state index in [4.69, 9.17) is 11.6 Å². The number of para-hydroxylation sites is 2. The number of carbonyl (C=O) groups excluding carboxylic acids is 2. The molecule has 0 aliphatic carbocycles. The number of nitro groups is 1. The van der Waals surface area contributed by atoms with E-state index < -0.39 is 26.8 Å². The summed E-state index contributed by atoms with van der Waals surface area (Å²) in [6.45, 7) is 1.48. The Labute approximate surface area is 193 Å². The number of rotatable bonds is 6. The second kappa shape index (κ2) is 9.67. The van der Waals surface area contributed by atoms with Crippen LogP contribution in [0.4, 0.5) is 11.4 Å². The molecule has 0 radical (unpaired) electrons. The van der Waals surface area contributed by atoms with Crippen LogP contribution < -0.4 is 15.6 Å². The minimum atomic E-state index is -4.06. The van der Waals surface area contributed by atoms with Crippen LogP contribution >= 0.6 is 11.6 Å². The average molecular weight is 489 g/mol. The first-order valence-corrected chi connectivity index (χ1v) is 11.2. The molecule has 0 unspecified atom stereocenters. The Morgan fingerprint density at radius 1 is 0.939 bits per heavy atom. The van der Waals surface area contributed by atoms with Crippen LogP contribution in [0.2, 0.25) is 5.02 Å². The molecule has 0 saturated carbocycles. The first-order valence-electron chi connectivity index (χ1n) is 9.32. The van der Waals surface area contributed by atoms with Crippen LogP contribution in [0, 0.1) is 17.0 Å². The highest BCUT2D eigenvalue weighted by molar-refractivity contribution is 7.92. The number of nitrogens with one attached hydrogen (secondary N) is 3. The van der Waals surface area contributed by atoms with Crippen molar-refractivity contribution in [3.63, 3.8) is 0 Å². The zero-order valence-corrected chi connectivity index (χ0v) is 18.6. The highest BCUT2D eigenvalue weighted by Gasteiger charge is 2.23. The van der Waals surface area contributed by atoms with Crippen LogP contribution in [-0.4, -0.2) is 25.2 Å². The van der Waals surface area contributed by atoms with Gasteiger partial charge in [0.25, 0.3) is 27.5 Å². The van der Waals surface area contributed by atoms with Gasteiger partial charge in [0.1, 0.15) is 5.56 Å². The van der Waals surface area contributed by atoms with Crippen molar-refractivity contribution in [2.45, 2.75) is 11.8 Å². The summed E-state index contributed by atoms with van der Waals surface area (Å²) >= 11 is 5.99. The first kappa shape index (κ1) is 23.7. The minimum absolute atomic E-state index is 0.0731. The quantitative estimate of drug-likeness (QED) is 0.357. The van der Waals surface area contributed by atoms with Gasteiger partial charge in [0, 0.05) is 11.1 Å². The summed E-state index contributed by atoms with van der Waals surface area (Å²) in [7, 11) is -4.06. The molecule has 0 bridgehead atoms. The van der Waals surface area contributed by atoms with Crippen LogP contribution in [0.1, 0.15) is 26.3 Å². The summed E-state index contributed by atoms with van der Waals surface area (Å²) in [5.41, 5.74) is 3.98. The lowest BCUT2D eigenvalue weighted by molar-refractivity contribution is -0.385. The third-order valence-corrected chi connectivity index (χ3v) is 6.17. The van der Waals surface area contributed by atoms with E-state index in [0.717, 1.165) is 6.07 Å². The number of nitro benzene ring substituents is 1. The number of halogens is 1. The number of amides is 2. The predicted molar refractivity (Wildman–Crippen MR) is 121 cm³/mol. The van der Waals surface area contributed by atoms with Crippen LogP contribution in [0.3, 0.4) is 0 Å². The van der Waals surface area contributed by atoms with Gasteiger partial charge in [-0.15, -0.1) is 0 Å². The fourth-order valence-electron chi connectivity index (χ4n) is 2.89. The number of benzene rings is 3. The van der Waals surface area contributed by atoms with Crippen molar-refractivity contribution in [3.05, 3.63) is 98.6 Å². The van der Waals surface area contributed by atoms with Crippen molar-refractivity contribution in [2.24, 2.45) is 0 Å². The standard InChI is InChI=1S/C21H17ClN4O6S/c1-13-6-4-9-16(19(13)26(29)30)21(28)24-23-20(27)14-7-5-8-15(12-14)33(31,32)25-18-11-3-2-10-17(18)22/h2-12,25H,1H3,(H,23,27)(H,24,28). The second-order valence-electron chi connectivity index (χ2n) is 6.75. The van der Waals surface area contributed by atoms with E-state index in [1.165, 1.54) is 55.5 Å². The maximum atomic E-state index is 12.7. The largest absolute Gasteiger partial charge is 0.285 e. The molecule has 0 aliphatic rings. The molecule has 0 aliphatic heterocycles. The number of sulfonamides is 1. The molecule has 2 amide bonds. The van der Waals surface area contributed by atoms with Crippen molar-refractivity contribution in [2.75, 3.05) is 4.72 Å². The molecule has 3 aromatic carbocycles. The lowest BCUT2D eigenvalue weighted by Gasteiger charge is -2.11. The highest BCUT2D eigenvalue weighted by atomic mass is 35.5. The molecule has 10 nitrogen and oxygen atoms in total. The van der Waals surface area contributed by atoms with Crippen molar-refractivity contribution in [1.82, 2.24) is 10.9 Å². The van der Waals surface area contributed by atoms with E-state index in [1.54, 1.807) is 12.1 Å². The van der Waals surface area contributed by atoms with Gasteiger partial charge in [-0.2, -0.15) is 0 Å². The van der Waals surface area contributed by atoms with Crippen molar-refractivity contribution in [1.29, 1.82) is 0 Å². The number of anilines is 1. The normalized spacial score (nSPS) is 10.8. The van der Waals surface area contributed by atoms with Gasteiger partial charge in [-0.25, -0.2) is 8.42 Å². The Balaban J connectivity index is 1.75. The fraction of sp³-hybridized carbons (Fsp3) is 0.0476. The molecular weight excluding hydrogens is 472 g/mol. The molecule has 0 fully saturated rings. The molecule has 0 aromatic heterocycles. The molecule has 170 valence electrons. The summed E-state index contributed by atoms with van der Waals surface area (Å²) in [6, 6.07) is 15.5. The van der Waals surface area contributed by atoms with Crippen LogP contribution in [0.15, 0.2) is 71.6 Å². The Morgan fingerprint density at radius 3 is 2.30 bits per heavy atom. The summed E-state index contributed by atoms with van der Waals surface area (Å²) in [5, 5.41) is 11.5. The molecule has 33 heavy (non-hydrogen) atoms. The predicted octanol–water partition coefficient (Wildman–Crippen LogP) is 3.43. The summed E-state index contributed by atoms with van der Waals surface area (Å²) in [5.74, 6) is -1.73. The van der Waals surface area contributed by atoms with Crippen LogP contribution in [0.25, 0.3) is 0 Å². The second-order valence-corrected chi connectivity index (χ2v) is 8.84. The van der Waals surface area contributed by atoms with E-state index in [2.05, 4.69) is 15.6 Å². The fourth-order valence-corrected chi connectivity index (χ4v) is 4.25. The number of nitrogens with zero attached hydrogens (tertiary/aromatic N) is 1. The summed E-state index contributed by atoms with van der Waals surface area (Å²) in [6.07, 6.45) is 0. The van der Waals surface area contributed by atoms with Crippen LogP contribution in [0.5, 0.6) is 0 Å². The van der Waals surface area contributed by atoms with Gasteiger partial charge in [0.15, 0.2) is 0 Å². The monoisotopic (exact) mass is 488 g/mol. The van der Waals surface area contributed by atoms with E-state index in [9.17, 15) is 28.1 Å². The van der Waals surface area contributed by atoms with Gasteiger partial charge >= 0.3 is 0 Å². The van der Waals surface area contributed by atoms with Gasteiger partial charge in [0.05, 0.1) is 20.5 Å². The molecule has 12 heteroatoms. The SMILES string of the molecule is Cc1cccc(C(=O)NNC(=O)c2cccc(S(=O)(=O)Nc3ccccc3Cl)c2)c1[N+](=O)[O-]. The molecule has 3 aromatic rings. The number of carbonyl (C=O) groups is 2. The van der Waals surface area contributed by atoms with Crippen LogP contribution in [-0.2, 0) is 10.0 Å². The van der Waals surface area contributed by atoms with Crippen molar-refractivity contribution >= 4 is 44.8 Å². The Morgan fingerprint density at radius 2 is 1.61 bits per heavy atom. The van der Waals surface area contributed by atoms with Gasteiger partial charge in [-0.05, 0) is 43.3 Å². The maximum absolute atomic E-state index is 12.7. The topological polar surface area (TPSA) is 148 Å². The van der Waals surface area contributed by atoms with E-state index in [1.807, 2.05) is 0 Å². The average Bonchev–Trinajstić information content (AvgIpc) is 2.78. The van der Waals surface area contributed by atoms with Gasteiger partial charge < -0.3 is 0 Å². The Bertz CT molecular complexity index is 1360. The van der Waals surface area contributed by atoms with Gasteiger partial charge in [-0.3, -0.25) is 35.3 Å². The van der Waals surface area contributed by atoms with E-state index >= 15 is 0 Å². The zero-order chi connectivity index (χ0) is 24.2. The molecule has 0 atom stereocenters. The first-order chi connectivity index (χ1) is 15.6. The highest BCUT2D eigenvalue weighted by Crippen LogP contribution is 2.25. The van der Waals surface area contributed by atoms with Gasteiger partial charge in [0.2, 0.25) is 0 Å². The third kappa shape index (κ3) is 5.45. The Hall–Kier alpha value is -3.96. The molecule has 3 rings (SSSR count). The Kier molecular flexibility index (Phi) is 6.95. The van der Waals surface area contributed by atoms with Crippen molar-refractivity contribution in [3.8, 4) is 0 Å². The van der Waals surface area contributed by atoms with E-state index in [0.29, 0.717) is 0 Å². The van der Waals surface area contributed by atoms with Crippen molar-refractivity contribution < 1.29 is 22.9 Å². The molecule has 0 saturated heterocycles. The lowest BCUT2D eigenvalue weighted by atomic mass is 10.1. The number of aryl methyl sites for hydroxylation is 1. The maximum Gasteiger partial charge on any atom is 0.285 e. The third-order valence-electron chi connectivity index (χ3n) is 4.48. The summed E-state index contributed by atoms with van der Waals surface area (Å²) < 4.78 is 27.7. The molecule has 0 spiro atoms. The number of hydrogen-bond acceptors (Lipinski definition) is 6. The number of hydrogen-bond donors (Lipinski definition) is 3. The molecule has 0 heterocycles.